The van der Waals surface area contributed by atoms with E-state index in [1.165, 1.54) is 10.6 Å². The molecule has 22 heavy (non-hydrogen) atoms. The lowest BCUT2D eigenvalue weighted by Crippen LogP contribution is -2.39. The number of pyridine rings is 1. The maximum atomic E-state index is 12.4. The Labute approximate surface area is 133 Å². The number of carbonyl (C=O) groups excluding carboxylic acids is 1. The third kappa shape index (κ3) is 2.20. The van der Waals surface area contributed by atoms with Gasteiger partial charge in [0.1, 0.15) is 0 Å². The van der Waals surface area contributed by atoms with Crippen LogP contribution in [0.2, 0.25) is 5.02 Å². The van der Waals surface area contributed by atoms with Crippen LogP contribution in [0.15, 0.2) is 47.8 Å². The van der Waals surface area contributed by atoms with Crippen LogP contribution < -0.4 is 5.01 Å². The van der Waals surface area contributed by atoms with Gasteiger partial charge in [-0.1, -0.05) is 11.6 Å². The highest BCUT2D eigenvalue weighted by molar-refractivity contribution is 6.30. The summed E-state index contributed by atoms with van der Waals surface area (Å²) in [7, 11) is 0. The molecule has 1 atom stereocenters. The van der Waals surface area contributed by atoms with Gasteiger partial charge in [0.25, 0.3) is 0 Å². The molecule has 0 saturated heterocycles. The number of fused-ring (bicyclic) bond motifs is 3. The number of halogens is 1. The maximum Gasteiger partial charge on any atom is 0.248 e. The fourth-order valence-corrected chi connectivity index (χ4v) is 3.27. The van der Waals surface area contributed by atoms with E-state index in [9.17, 15) is 4.79 Å². The topological polar surface area (TPSA) is 45.6 Å². The summed E-state index contributed by atoms with van der Waals surface area (Å²) in [5, 5.41) is 6.80. The predicted molar refractivity (Wildman–Crippen MR) is 86.1 cm³/mol. The number of hydrogen-bond acceptors (Lipinski definition) is 3. The van der Waals surface area contributed by atoms with Crippen LogP contribution in [-0.4, -0.2) is 16.6 Å². The Morgan fingerprint density at radius 1 is 1.18 bits per heavy atom. The summed E-state index contributed by atoms with van der Waals surface area (Å²) in [6, 6.07) is 9.18. The van der Waals surface area contributed by atoms with Crippen molar-refractivity contribution in [3.05, 3.63) is 58.9 Å². The Balaban J connectivity index is 1.80. The smallest absolute Gasteiger partial charge is 0.248 e. The number of carbonyl (C=O) groups is 1. The molecule has 110 valence electrons. The van der Waals surface area contributed by atoms with Crippen molar-refractivity contribution in [2.45, 2.75) is 19.3 Å². The van der Waals surface area contributed by atoms with Crippen molar-refractivity contribution in [1.82, 2.24) is 4.98 Å². The summed E-state index contributed by atoms with van der Waals surface area (Å²) in [5.41, 5.74) is 4.08. The minimum atomic E-state index is 0.0357. The van der Waals surface area contributed by atoms with E-state index in [1.807, 2.05) is 24.4 Å². The first-order valence-corrected chi connectivity index (χ1v) is 7.70. The molecular formula is C17H14ClN3O. The number of nitrogens with zero attached hydrogens (tertiary/aromatic N) is 3. The van der Waals surface area contributed by atoms with Crippen LogP contribution >= 0.6 is 11.6 Å². The van der Waals surface area contributed by atoms with Gasteiger partial charge in [0.15, 0.2) is 0 Å². The Kier molecular flexibility index (Phi) is 3.19. The highest BCUT2D eigenvalue weighted by Crippen LogP contribution is 2.33. The zero-order valence-electron chi connectivity index (χ0n) is 11.9. The molecular weight excluding hydrogens is 298 g/mol. The molecule has 1 aromatic heterocycles. The van der Waals surface area contributed by atoms with Gasteiger partial charge >= 0.3 is 0 Å². The molecule has 2 aromatic rings. The van der Waals surface area contributed by atoms with Gasteiger partial charge in [-0.2, -0.15) is 5.10 Å². The minimum Gasteiger partial charge on any atom is -0.273 e. The lowest BCUT2D eigenvalue weighted by atomic mass is 9.80. The molecule has 0 N–H and O–H groups in total. The van der Waals surface area contributed by atoms with Crippen LogP contribution in [0.25, 0.3) is 0 Å². The summed E-state index contributed by atoms with van der Waals surface area (Å²) >= 11 is 5.92. The van der Waals surface area contributed by atoms with Crippen molar-refractivity contribution < 1.29 is 4.79 Å². The zero-order valence-corrected chi connectivity index (χ0v) is 12.6. The van der Waals surface area contributed by atoms with Crippen LogP contribution in [0, 0.1) is 5.92 Å². The first-order valence-electron chi connectivity index (χ1n) is 7.32. The highest BCUT2D eigenvalue weighted by Gasteiger charge is 2.34. The van der Waals surface area contributed by atoms with Crippen molar-refractivity contribution in [2.75, 3.05) is 5.01 Å². The standard InChI is InChI=1S/C17H14ClN3O/c18-13-3-5-14(6-4-13)21-16(22)9-11-1-2-12-10-19-8-7-15(12)17(11)20-21/h3-8,10-11H,1-2,9H2. The number of hydrazone groups is 1. The quantitative estimate of drug-likeness (QED) is 0.810. The Morgan fingerprint density at radius 3 is 2.82 bits per heavy atom. The number of amides is 1. The van der Waals surface area contributed by atoms with Crippen molar-refractivity contribution in [3.63, 3.8) is 0 Å². The molecule has 0 radical (unpaired) electrons. The molecule has 2 heterocycles. The van der Waals surface area contributed by atoms with Gasteiger partial charge in [-0.25, -0.2) is 5.01 Å². The van der Waals surface area contributed by atoms with Gasteiger partial charge in [0.05, 0.1) is 11.4 Å². The number of rotatable bonds is 1. The lowest BCUT2D eigenvalue weighted by Gasteiger charge is -2.33. The largest absolute Gasteiger partial charge is 0.273 e. The molecule has 1 aliphatic carbocycles. The molecule has 4 nitrogen and oxygen atoms in total. The molecule has 0 fully saturated rings. The summed E-state index contributed by atoms with van der Waals surface area (Å²) in [6.45, 7) is 0. The van der Waals surface area contributed by atoms with Crippen molar-refractivity contribution in [1.29, 1.82) is 0 Å². The fourth-order valence-electron chi connectivity index (χ4n) is 3.14. The van der Waals surface area contributed by atoms with E-state index in [2.05, 4.69) is 10.1 Å². The van der Waals surface area contributed by atoms with Crippen LogP contribution in [0.4, 0.5) is 5.69 Å². The summed E-state index contributed by atoms with van der Waals surface area (Å²) in [5.74, 6) is 0.250. The molecule has 1 aliphatic heterocycles. The number of aromatic nitrogens is 1. The highest BCUT2D eigenvalue weighted by atomic mass is 35.5. The Bertz CT molecular complexity index is 770. The average Bonchev–Trinajstić information content (AvgIpc) is 2.55. The lowest BCUT2D eigenvalue weighted by molar-refractivity contribution is -0.119. The second kappa shape index (κ2) is 5.21. The number of benzene rings is 1. The van der Waals surface area contributed by atoms with Gasteiger partial charge in [-0.05, 0) is 48.7 Å². The maximum absolute atomic E-state index is 12.4. The van der Waals surface area contributed by atoms with Gasteiger partial charge in [0.2, 0.25) is 5.91 Å². The first kappa shape index (κ1) is 13.5. The van der Waals surface area contributed by atoms with Gasteiger partial charge in [-0.3, -0.25) is 9.78 Å². The van der Waals surface area contributed by atoms with Crippen LogP contribution in [0.1, 0.15) is 24.0 Å². The Morgan fingerprint density at radius 2 is 2.00 bits per heavy atom. The van der Waals surface area contributed by atoms with E-state index in [0.29, 0.717) is 11.4 Å². The number of aryl methyl sites for hydroxylation is 1. The van der Waals surface area contributed by atoms with E-state index < -0.39 is 0 Å². The second-order valence-electron chi connectivity index (χ2n) is 5.64. The zero-order chi connectivity index (χ0) is 15.1. The van der Waals surface area contributed by atoms with Crippen LogP contribution in [0.3, 0.4) is 0 Å². The first-order chi connectivity index (χ1) is 10.7. The SMILES string of the molecule is O=C1CC2CCc3cnccc3C2=NN1c1ccc(Cl)cc1. The van der Waals surface area contributed by atoms with E-state index in [4.69, 9.17) is 11.6 Å². The molecule has 1 amide bonds. The summed E-state index contributed by atoms with van der Waals surface area (Å²) < 4.78 is 0. The van der Waals surface area contributed by atoms with Gasteiger partial charge in [0, 0.05) is 35.3 Å². The monoisotopic (exact) mass is 311 g/mol. The number of anilines is 1. The van der Waals surface area contributed by atoms with E-state index in [0.717, 1.165) is 29.8 Å². The molecule has 2 aliphatic rings. The molecule has 1 unspecified atom stereocenters. The summed E-state index contributed by atoms with van der Waals surface area (Å²) in [6.07, 6.45) is 6.10. The normalized spacial score (nSPS) is 20.2. The van der Waals surface area contributed by atoms with Crippen molar-refractivity contribution in [3.8, 4) is 0 Å². The van der Waals surface area contributed by atoms with E-state index in [-0.39, 0.29) is 11.8 Å². The van der Waals surface area contributed by atoms with Crippen LogP contribution in [-0.2, 0) is 11.2 Å². The van der Waals surface area contributed by atoms with Crippen LogP contribution in [0.5, 0.6) is 0 Å². The molecule has 1 aromatic carbocycles. The van der Waals surface area contributed by atoms with Crippen molar-refractivity contribution in [2.24, 2.45) is 11.0 Å². The molecule has 4 rings (SSSR count). The summed E-state index contributed by atoms with van der Waals surface area (Å²) in [4.78, 5) is 16.6. The average molecular weight is 312 g/mol. The fraction of sp³-hybridized carbons (Fsp3) is 0.235. The van der Waals surface area contributed by atoms with Crippen molar-refractivity contribution >= 4 is 28.9 Å². The molecule has 0 bridgehead atoms. The van der Waals surface area contributed by atoms with Gasteiger partial charge < -0.3 is 0 Å². The number of hydrogen-bond donors (Lipinski definition) is 0. The molecule has 0 spiro atoms. The predicted octanol–water partition coefficient (Wildman–Crippen LogP) is 3.44. The third-order valence-electron chi connectivity index (χ3n) is 4.26. The Hall–Kier alpha value is -2.20. The third-order valence-corrected chi connectivity index (χ3v) is 4.52. The van der Waals surface area contributed by atoms with E-state index >= 15 is 0 Å². The molecule has 0 saturated carbocycles. The minimum absolute atomic E-state index is 0.0357. The molecule has 5 heteroatoms. The van der Waals surface area contributed by atoms with E-state index in [1.54, 1.807) is 18.3 Å². The second-order valence-corrected chi connectivity index (χ2v) is 6.08. The van der Waals surface area contributed by atoms with Gasteiger partial charge in [-0.15, -0.1) is 0 Å².